The molecule has 3 aromatic rings. The van der Waals surface area contributed by atoms with E-state index in [4.69, 9.17) is 9.47 Å². The third-order valence-electron chi connectivity index (χ3n) is 4.53. The molecule has 10 nitrogen and oxygen atoms in total. The molecular weight excluding hydrogens is 400 g/mol. The highest BCUT2D eigenvalue weighted by molar-refractivity contribution is 6.12. The zero-order valence-corrected chi connectivity index (χ0v) is 17.2. The van der Waals surface area contributed by atoms with E-state index in [-0.39, 0.29) is 11.5 Å². The van der Waals surface area contributed by atoms with E-state index < -0.39 is 5.91 Å². The van der Waals surface area contributed by atoms with Crippen LogP contribution in [-0.4, -0.2) is 60.7 Å². The number of nitriles is 1. The van der Waals surface area contributed by atoms with Crippen molar-refractivity contribution in [3.8, 4) is 6.07 Å². The smallest absolute Gasteiger partial charge is 0.260 e. The molecular formula is C21H22N6O4. The van der Waals surface area contributed by atoms with Crippen molar-refractivity contribution in [3.05, 3.63) is 47.4 Å². The summed E-state index contributed by atoms with van der Waals surface area (Å²) in [5, 5.41) is 15.1. The molecule has 0 bridgehead atoms. The van der Waals surface area contributed by atoms with Crippen molar-refractivity contribution in [3.63, 3.8) is 0 Å². The highest BCUT2D eigenvalue weighted by atomic mass is 16.5. The van der Waals surface area contributed by atoms with Gasteiger partial charge in [-0.15, -0.1) is 0 Å². The molecule has 0 aliphatic rings. The minimum Gasteiger partial charge on any atom is -0.383 e. The number of aldehydes is 1. The number of carbonyl (C=O) groups excluding carboxylic acids is 2. The molecule has 0 unspecified atom stereocenters. The molecule has 0 spiro atoms. The van der Waals surface area contributed by atoms with Crippen LogP contribution in [0.2, 0.25) is 0 Å². The number of fused-ring (bicyclic) bond motifs is 1. The normalized spacial score (nSPS) is 10.6. The summed E-state index contributed by atoms with van der Waals surface area (Å²) in [5.74, 6) is -0.162. The summed E-state index contributed by atoms with van der Waals surface area (Å²) in [5.41, 5.74) is 2.53. The van der Waals surface area contributed by atoms with Crippen LogP contribution in [0.4, 0.5) is 11.5 Å². The average Bonchev–Trinajstić information content (AvgIpc) is 3.16. The van der Waals surface area contributed by atoms with E-state index in [0.29, 0.717) is 60.4 Å². The van der Waals surface area contributed by atoms with Gasteiger partial charge in [-0.05, 0) is 12.1 Å². The number of anilines is 2. The lowest BCUT2D eigenvalue weighted by molar-refractivity contribution is 0.102. The zero-order valence-electron chi connectivity index (χ0n) is 17.2. The van der Waals surface area contributed by atoms with Crippen LogP contribution in [0.1, 0.15) is 26.4 Å². The molecule has 31 heavy (non-hydrogen) atoms. The van der Waals surface area contributed by atoms with Crippen LogP contribution in [0, 0.1) is 11.3 Å². The average molecular weight is 422 g/mol. The summed E-state index contributed by atoms with van der Waals surface area (Å²) in [6.45, 7) is 1.92. The standard InChI is InChI=1S/C21H22N6O4/c1-30-7-5-23-17-9-19(24-11-14(17)10-22)26-21(29)16-12-27(6-8-31-2)18-4-3-15(13-28)25-20(16)18/h3-4,9,11-13H,5-8H2,1-2H3,(H2,23,24,26,29). The Hall–Kier alpha value is -3.81. The molecule has 2 N–H and O–H groups in total. The van der Waals surface area contributed by atoms with Crippen molar-refractivity contribution in [2.45, 2.75) is 6.54 Å². The predicted octanol–water partition coefficient (Wildman–Crippen LogP) is 2.07. The molecule has 1 amide bonds. The number of pyridine rings is 2. The van der Waals surface area contributed by atoms with Crippen LogP contribution < -0.4 is 10.6 Å². The third kappa shape index (κ3) is 5.03. The fourth-order valence-corrected chi connectivity index (χ4v) is 3.02. The second kappa shape index (κ2) is 10.3. The maximum atomic E-state index is 13.0. The highest BCUT2D eigenvalue weighted by Crippen LogP contribution is 2.23. The van der Waals surface area contributed by atoms with Gasteiger partial charge < -0.3 is 24.7 Å². The molecule has 0 saturated heterocycles. The van der Waals surface area contributed by atoms with E-state index in [1.54, 1.807) is 38.6 Å². The molecule has 0 aliphatic carbocycles. The number of amides is 1. The van der Waals surface area contributed by atoms with E-state index in [1.165, 1.54) is 6.20 Å². The Morgan fingerprint density at radius 1 is 1.29 bits per heavy atom. The van der Waals surface area contributed by atoms with Gasteiger partial charge >= 0.3 is 0 Å². The summed E-state index contributed by atoms with van der Waals surface area (Å²) in [7, 11) is 3.18. The number of rotatable bonds is 10. The number of nitrogens with zero attached hydrogens (tertiary/aromatic N) is 4. The summed E-state index contributed by atoms with van der Waals surface area (Å²) in [6, 6.07) is 6.99. The van der Waals surface area contributed by atoms with E-state index in [2.05, 4.69) is 26.7 Å². The number of ether oxygens (including phenoxy) is 2. The van der Waals surface area contributed by atoms with Crippen LogP contribution >= 0.6 is 0 Å². The lowest BCUT2D eigenvalue weighted by Gasteiger charge is -2.10. The Balaban J connectivity index is 1.91. The van der Waals surface area contributed by atoms with Crippen molar-refractivity contribution in [2.75, 3.05) is 44.6 Å². The number of methoxy groups -OCH3 is 2. The molecule has 3 aromatic heterocycles. The van der Waals surface area contributed by atoms with Crippen molar-refractivity contribution in [1.82, 2.24) is 14.5 Å². The summed E-state index contributed by atoms with van der Waals surface area (Å²) in [4.78, 5) is 32.6. The van der Waals surface area contributed by atoms with Gasteiger partial charge in [0.1, 0.15) is 23.1 Å². The molecule has 0 radical (unpaired) electrons. The molecule has 0 fully saturated rings. The second-order valence-corrected chi connectivity index (χ2v) is 6.55. The molecule has 0 aliphatic heterocycles. The van der Waals surface area contributed by atoms with E-state index in [0.717, 1.165) is 0 Å². The van der Waals surface area contributed by atoms with Gasteiger partial charge in [0, 0.05) is 45.8 Å². The maximum Gasteiger partial charge on any atom is 0.260 e. The minimum absolute atomic E-state index is 0.229. The fraction of sp³-hybridized carbons (Fsp3) is 0.286. The SMILES string of the molecule is COCCNc1cc(NC(=O)c2cn(CCOC)c3ccc(C=O)nc23)ncc1C#N. The molecule has 160 valence electrons. The summed E-state index contributed by atoms with van der Waals surface area (Å²) >= 11 is 0. The topological polar surface area (TPSA) is 131 Å². The number of hydrogen-bond acceptors (Lipinski definition) is 8. The lowest BCUT2D eigenvalue weighted by atomic mass is 10.2. The van der Waals surface area contributed by atoms with Gasteiger partial charge in [-0.2, -0.15) is 5.26 Å². The summed E-state index contributed by atoms with van der Waals surface area (Å²) in [6.07, 6.45) is 3.69. The zero-order chi connectivity index (χ0) is 22.2. The molecule has 10 heteroatoms. The fourth-order valence-electron chi connectivity index (χ4n) is 3.02. The van der Waals surface area contributed by atoms with Gasteiger partial charge in [0.15, 0.2) is 6.29 Å². The first-order chi connectivity index (χ1) is 15.1. The molecule has 0 aromatic carbocycles. The van der Waals surface area contributed by atoms with Gasteiger partial charge in [0.2, 0.25) is 0 Å². The quantitative estimate of drug-likeness (QED) is 0.375. The monoisotopic (exact) mass is 422 g/mol. The Morgan fingerprint density at radius 2 is 2.10 bits per heavy atom. The number of aromatic nitrogens is 3. The Labute approximate surface area is 178 Å². The minimum atomic E-state index is -0.434. The number of hydrogen-bond donors (Lipinski definition) is 2. The van der Waals surface area contributed by atoms with Crippen molar-refractivity contribution in [2.24, 2.45) is 0 Å². The van der Waals surface area contributed by atoms with Crippen LogP contribution in [0.25, 0.3) is 11.0 Å². The van der Waals surface area contributed by atoms with Gasteiger partial charge in [0.25, 0.3) is 5.91 Å². The van der Waals surface area contributed by atoms with Crippen molar-refractivity contribution >= 4 is 34.7 Å². The summed E-state index contributed by atoms with van der Waals surface area (Å²) < 4.78 is 12.0. The second-order valence-electron chi connectivity index (χ2n) is 6.55. The first-order valence-corrected chi connectivity index (χ1v) is 9.49. The van der Waals surface area contributed by atoms with Crippen molar-refractivity contribution in [1.29, 1.82) is 5.26 Å². The van der Waals surface area contributed by atoms with E-state index in [1.807, 2.05) is 4.57 Å². The lowest BCUT2D eigenvalue weighted by Crippen LogP contribution is -2.14. The van der Waals surface area contributed by atoms with Gasteiger partial charge in [-0.25, -0.2) is 9.97 Å². The van der Waals surface area contributed by atoms with Crippen LogP contribution in [0.3, 0.4) is 0 Å². The van der Waals surface area contributed by atoms with Gasteiger partial charge in [-0.1, -0.05) is 0 Å². The van der Waals surface area contributed by atoms with Crippen LogP contribution in [0.5, 0.6) is 0 Å². The first kappa shape index (κ1) is 21.9. The Bertz CT molecular complexity index is 1130. The molecule has 0 saturated carbocycles. The maximum absolute atomic E-state index is 13.0. The third-order valence-corrected chi connectivity index (χ3v) is 4.53. The van der Waals surface area contributed by atoms with E-state index >= 15 is 0 Å². The largest absolute Gasteiger partial charge is 0.383 e. The van der Waals surface area contributed by atoms with Crippen LogP contribution in [-0.2, 0) is 16.0 Å². The van der Waals surface area contributed by atoms with Gasteiger partial charge in [0.05, 0.1) is 35.5 Å². The molecule has 0 atom stereocenters. The van der Waals surface area contributed by atoms with Crippen LogP contribution in [0.15, 0.2) is 30.6 Å². The number of carbonyl (C=O) groups is 2. The number of nitrogens with one attached hydrogen (secondary N) is 2. The highest BCUT2D eigenvalue weighted by Gasteiger charge is 2.18. The van der Waals surface area contributed by atoms with Gasteiger partial charge in [-0.3, -0.25) is 9.59 Å². The molecule has 3 rings (SSSR count). The Morgan fingerprint density at radius 3 is 2.81 bits per heavy atom. The Kier molecular flexibility index (Phi) is 7.26. The predicted molar refractivity (Wildman–Crippen MR) is 114 cm³/mol. The van der Waals surface area contributed by atoms with E-state index in [9.17, 15) is 14.9 Å². The molecule has 3 heterocycles. The first-order valence-electron chi connectivity index (χ1n) is 9.49. The van der Waals surface area contributed by atoms with Crippen molar-refractivity contribution < 1.29 is 19.1 Å².